The normalized spacial score (nSPS) is 52.2. The monoisotopic (exact) mass is 242 g/mol. The molecule has 1 spiro atoms. The molecule has 0 saturated heterocycles. The van der Waals surface area contributed by atoms with Gasteiger partial charge in [0.15, 0.2) is 0 Å². The van der Waals surface area contributed by atoms with Crippen molar-refractivity contribution in [3.8, 4) is 0 Å². The molecule has 0 aromatic heterocycles. The molecule has 98 valence electrons. The molecule has 4 rings (SSSR count). The zero-order chi connectivity index (χ0) is 12.7. The maximum Gasteiger partial charge on any atom is -0.00171 e. The van der Waals surface area contributed by atoms with Crippen LogP contribution in [0.25, 0.3) is 0 Å². The van der Waals surface area contributed by atoms with E-state index in [2.05, 4.69) is 33.4 Å². The van der Waals surface area contributed by atoms with Crippen molar-refractivity contribution in [2.24, 2.45) is 34.5 Å². The molecule has 3 saturated carbocycles. The van der Waals surface area contributed by atoms with E-state index in [4.69, 9.17) is 0 Å². The van der Waals surface area contributed by atoms with Crippen LogP contribution in [-0.4, -0.2) is 0 Å². The number of hydrogen-bond acceptors (Lipinski definition) is 0. The Balaban J connectivity index is 1.88. The number of rotatable bonds is 0. The fourth-order valence-electron chi connectivity index (χ4n) is 6.43. The number of fused-ring (bicyclic) bond motifs is 2. The van der Waals surface area contributed by atoms with Crippen molar-refractivity contribution in [3.63, 3.8) is 0 Å². The summed E-state index contributed by atoms with van der Waals surface area (Å²) in [4.78, 5) is 0. The second-order valence-corrected chi connectivity index (χ2v) is 8.04. The maximum atomic E-state index is 4.37. The molecule has 0 N–H and O–H groups in total. The van der Waals surface area contributed by atoms with Gasteiger partial charge in [0.05, 0.1) is 0 Å². The Kier molecular flexibility index (Phi) is 1.97. The molecule has 5 atom stereocenters. The molecule has 0 aliphatic heterocycles. The summed E-state index contributed by atoms with van der Waals surface area (Å²) < 4.78 is 0. The number of hydrogen-bond donors (Lipinski definition) is 0. The largest absolute Gasteiger partial charge is 0.0955 e. The first-order chi connectivity index (χ1) is 8.49. The molecule has 0 unspecified atom stereocenters. The molecular formula is C18H26. The SMILES string of the molecule is C=C1C=C2CC[C@@H]3CCC[C@]2([C@H]3C)[C@H]2[C@@H]1C2(C)C. The lowest BCUT2D eigenvalue weighted by Crippen LogP contribution is -2.46. The van der Waals surface area contributed by atoms with Crippen molar-refractivity contribution in [1.29, 1.82) is 0 Å². The molecule has 0 heterocycles. The smallest absolute Gasteiger partial charge is 0.00171 e. The number of allylic oxidation sites excluding steroid dienone is 3. The van der Waals surface area contributed by atoms with Crippen LogP contribution in [0.15, 0.2) is 23.8 Å². The fourth-order valence-corrected chi connectivity index (χ4v) is 6.43. The standard InChI is InChI=1S/C18H26/c1-11-10-14-8-7-13-6-5-9-18(14,12(13)2)16-15(11)17(16,3)4/h10,12-13,15-16H,1,5-9H2,2-4H3/t12-,13-,15+,16-,18+/m0/s1. The first-order valence-corrected chi connectivity index (χ1v) is 7.89. The Morgan fingerprint density at radius 3 is 2.83 bits per heavy atom. The molecule has 0 radical (unpaired) electrons. The second kappa shape index (κ2) is 3.14. The summed E-state index contributed by atoms with van der Waals surface area (Å²) in [6, 6.07) is 0. The highest BCUT2D eigenvalue weighted by molar-refractivity contribution is 5.45. The minimum Gasteiger partial charge on any atom is -0.0955 e. The van der Waals surface area contributed by atoms with Crippen molar-refractivity contribution < 1.29 is 0 Å². The van der Waals surface area contributed by atoms with Gasteiger partial charge in [-0.2, -0.15) is 0 Å². The van der Waals surface area contributed by atoms with Gasteiger partial charge in [-0.3, -0.25) is 0 Å². The van der Waals surface area contributed by atoms with Gasteiger partial charge in [-0.1, -0.05) is 57.4 Å². The molecule has 2 bridgehead atoms. The van der Waals surface area contributed by atoms with Gasteiger partial charge < -0.3 is 0 Å². The first kappa shape index (κ1) is 11.3. The summed E-state index contributed by atoms with van der Waals surface area (Å²) in [5.41, 5.74) is 4.34. The Morgan fingerprint density at radius 2 is 2.06 bits per heavy atom. The van der Waals surface area contributed by atoms with Crippen LogP contribution in [0.1, 0.15) is 52.9 Å². The van der Waals surface area contributed by atoms with Crippen molar-refractivity contribution in [2.45, 2.75) is 52.9 Å². The van der Waals surface area contributed by atoms with Crippen molar-refractivity contribution in [3.05, 3.63) is 23.8 Å². The van der Waals surface area contributed by atoms with Gasteiger partial charge in [-0.25, -0.2) is 0 Å². The van der Waals surface area contributed by atoms with Crippen LogP contribution in [-0.2, 0) is 0 Å². The van der Waals surface area contributed by atoms with E-state index in [1.54, 1.807) is 5.57 Å². The quantitative estimate of drug-likeness (QED) is 0.562. The molecule has 0 aromatic carbocycles. The van der Waals surface area contributed by atoms with E-state index in [-0.39, 0.29) is 0 Å². The average molecular weight is 242 g/mol. The minimum atomic E-state index is 0.517. The highest BCUT2D eigenvalue weighted by Crippen LogP contribution is 2.78. The summed E-state index contributed by atoms with van der Waals surface area (Å²) in [6.07, 6.45) is 9.77. The zero-order valence-electron chi connectivity index (χ0n) is 12.1. The van der Waals surface area contributed by atoms with E-state index in [1.807, 2.05) is 0 Å². The Labute approximate surface area is 112 Å². The van der Waals surface area contributed by atoms with Crippen molar-refractivity contribution in [2.75, 3.05) is 0 Å². The van der Waals surface area contributed by atoms with Crippen molar-refractivity contribution in [1.82, 2.24) is 0 Å². The summed E-state index contributed by atoms with van der Waals surface area (Å²) in [7, 11) is 0. The van der Waals surface area contributed by atoms with E-state index < -0.39 is 0 Å². The van der Waals surface area contributed by atoms with E-state index in [9.17, 15) is 0 Å². The third kappa shape index (κ3) is 1.05. The van der Waals surface area contributed by atoms with Gasteiger partial charge >= 0.3 is 0 Å². The lowest BCUT2D eigenvalue weighted by molar-refractivity contribution is 0.0194. The van der Waals surface area contributed by atoms with E-state index in [0.717, 1.165) is 23.7 Å². The molecule has 0 nitrogen and oxygen atoms in total. The van der Waals surface area contributed by atoms with Crippen LogP contribution >= 0.6 is 0 Å². The Hall–Kier alpha value is -0.520. The Bertz CT molecular complexity index is 453. The zero-order valence-corrected chi connectivity index (χ0v) is 12.1. The average Bonchev–Trinajstić information content (AvgIpc) is 2.87. The van der Waals surface area contributed by atoms with Gasteiger partial charge in [-0.05, 0) is 53.8 Å². The van der Waals surface area contributed by atoms with E-state index in [0.29, 0.717) is 10.8 Å². The van der Waals surface area contributed by atoms with Crippen LogP contribution in [0.5, 0.6) is 0 Å². The van der Waals surface area contributed by atoms with Gasteiger partial charge in [0.2, 0.25) is 0 Å². The lowest BCUT2D eigenvalue weighted by atomic mass is 9.49. The molecule has 0 aromatic rings. The summed E-state index contributed by atoms with van der Waals surface area (Å²) >= 11 is 0. The molecule has 4 aliphatic rings. The molecule has 4 aliphatic carbocycles. The van der Waals surface area contributed by atoms with Crippen LogP contribution in [0.3, 0.4) is 0 Å². The van der Waals surface area contributed by atoms with Gasteiger partial charge in [0.25, 0.3) is 0 Å². The predicted octanol–water partition coefficient (Wildman–Crippen LogP) is 4.97. The molecular weight excluding hydrogens is 216 g/mol. The van der Waals surface area contributed by atoms with Gasteiger partial charge in [0, 0.05) is 0 Å². The molecule has 3 fully saturated rings. The van der Waals surface area contributed by atoms with E-state index in [1.165, 1.54) is 37.7 Å². The fraction of sp³-hybridized carbons (Fsp3) is 0.778. The molecule has 0 heteroatoms. The van der Waals surface area contributed by atoms with Crippen LogP contribution < -0.4 is 0 Å². The first-order valence-electron chi connectivity index (χ1n) is 7.89. The van der Waals surface area contributed by atoms with Gasteiger partial charge in [-0.15, -0.1) is 0 Å². The minimum absolute atomic E-state index is 0.517. The maximum absolute atomic E-state index is 4.37. The third-order valence-corrected chi connectivity index (χ3v) is 7.21. The highest BCUT2D eigenvalue weighted by Gasteiger charge is 2.71. The van der Waals surface area contributed by atoms with Crippen LogP contribution in [0.4, 0.5) is 0 Å². The Morgan fingerprint density at radius 1 is 1.28 bits per heavy atom. The third-order valence-electron chi connectivity index (χ3n) is 7.21. The lowest BCUT2D eigenvalue weighted by Gasteiger charge is -2.55. The highest BCUT2D eigenvalue weighted by atomic mass is 14.7. The van der Waals surface area contributed by atoms with Crippen LogP contribution in [0, 0.1) is 34.5 Å². The summed E-state index contributed by atoms with van der Waals surface area (Å²) in [6.45, 7) is 11.9. The van der Waals surface area contributed by atoms with Crippen molar-refractivity contribution >= 4 is 0 Å². The van der Waals surface area contributed by atoms with Gasteiger partial charge in [0.1, 0.15) is 0 Å². The topological polar surface area (TPSA) is 0 Å². The molecule has 0 amide bonds. The summed E-state index contributed by atoms with van der Waals surface area (Å²) in [5.74, 6) is 3.64. The molecule has 18 heavy (non-hydrogen) atoms. The van der Waals surface area contributed by atoms with E-state index >= 15 is 0 Å². The summed E-state index contributed by atoms with van der Waals surface area (Å²) in [5, 5.41) is 0. The second-order valence-electron chi connectivity index (χ2n) is 8.04. The van der Waals surface area contributed by atoms with Crippen LogP contribution in [0.2, 0.25) is 0 Å². The predicted molar refractivity (Wildman–Crippen MR) is 76.2 cm³/mol.